The first-order valence-electron chi connectivity index (χ1n) is 10.6. The Morgan fingerprint density at radius 2 is 1.97 bits per heavy atom. The maximum absolute atomic E-state index is 13.0. The van der Waals surface area contributed by atoms with Gasteiger partial charge in [0.05, 0.1) is 9.61 Å². The Labute approximate surface area is 199 Å². The highest BCUT2D eigenvalue weighted by atomic mass is 127. The van der Waals surface area contributed by atoms with E-state index in [0.29, 0.717) is 0 Å². The normalized spacial score (nSPS) is 21.6. The molecule has 1 spiro atoms. The van der Waals surface area contributed by atoms with Gasteiger partial charge in [0.2, 0.25) is 5.95 Å². The lowest BCUT2D eigenvalue weighted by Crippen LogP contribution is -2.50. The molecule has 1 aliphatic carbocycles. The predicted molar refractivity (Wildman–Crippen MR) is 131 cm³/mol. The number of nitrogens with zero attached hydrogens (tertiary/aromatic N) is 5. The number of halogens is 1. The van der Waals surface area contributed by atoms with Crippen molar-refractivity contribution in [2.75, 3.05) is 18.0 Å². The van der Waals surface area contributed by atoms with Gasteiger partial charge in [-0.25, -0.2) is 9.97 Å². The highest BCUT2D eigenvalue weighted by Gasteiger charge is 2.51. The second kappa shape index (κ2) is 7.86. The van der Waals surface area contributed by atoms with E-state index in [4.69, 9.17) is 4.98 Å². The molecule has 3 aromatic heterocycles. The first-order valence-corrected chi connectivity index (χ1v) is 12.9. The van der Waals surface area contributed by atoms with Gasteiger partial charge in [0.25, 0.3) is 0 Å². The van der Waals surface area contributed by atoms with Crippen LogP contribution in [-0.4, -0.2) is 41.7 Å². The highest BCUT2D eigenvalue weighted by Crippen LogP contribution is 2.52. The first kappa shape index (κ1) is 21.4. The van der Waals surface area contributed by atoms with E-state index in [9.17, 15) is 4.55 Å². The molecule has 4 heterocycles. The topological polar surface area (TPSA) is 81.4 Å². The van der Waals surface area contributed by atoms with Crippen LogP contribution in [0.5, 0.6) is 0 Å². The summed E-state index contributed by atoms with van der Waals surface area (Å²) < 4.78 is 19.4. The number of hydrogen-bond donors (Lipinski definition) is 1. The molecule has 31 heavy (non-hydrogen) atoms. The molecule has 7 nitrogen and oxygen atoms in total. The molecule has 9 heteroatoms. The number of pyridine rings is 1. The number of rotatable bonds is 3. The van der Waals surface area contributed by atoms with Gasteiger partial charge in [0.1, 0.15) is 4.75 Å². The van der Waals surface area contributed by atoms with Crippen molar-refractivity contribution in [3.63, 3.8) is 0 Å². The van der Waals surface area contributed by atoms with Crippen LogP contribution in [0.2, 0.25) is 0 Å². The van der Waals surface area contributed by atoms with E-state index in [1.54, 1.807) is 0 Å². The van der Waals surface area contributed by atoms with Gasteiger partial charge in [-0.05, 0) is 74.3 Å². The zero-order chi connectivity index (χ0) is 21.8. The lowest BCUT2D eigenvalue weighted by Gasteiger charge is -2.44. The van der Waals surface area contributed by atoms with Crippen LogP contribution >= 0.6 is 22.6 Å². The molecule has 1 aliphatic heterocycles. The minimum atomic E-state index is -1.14. The number of piperidine rings is 1. The van der Waals surface area contributed by atoms with Crippen LogP contribution in [0.4, 0.5) is 5.95 Å². The van der Waals surface area contributed by atoms with Gasteiger partial charge >= 0.3 is 0 Å². The van der Waals surface area contributed by atoms with Gasteiger partial charge in [-0.3, -0.25) is 9.38 Å². The zero-order valence-electron chi connectivity index (χ0n) is 18.0. The van der Waals surface area contributed by atoms with Crippen LogP contribution in [0.25, 0.3) is 5.65 Å². The SMILES string of the molecule is CC(C)(C)[S@@+]([O-])N[C@H]1c2cccnc2CC12CCN(c1ncc(I)c3nccn13)CC2. The van der Waals surface area contributed by atoms with E-state index in [1.165, 1.54) is 5.56 Å². The van der Waals surface area contributed by atoms with Crippen molar-refractivity contribution in [2.45, 2.75) is 50.8 Å². The summed E-state index contributed by atoms with van der Waals surface area (Å²) in [6, 6.07) is 4.19. The lowest BCUT2D eigenvalue weighted by atomic mass is 9.73. The van der Waals surface area contributed by atoms with Crippen LogP contribution < -0.4 is 9.62 Å². The minimum absolute atomic E-state index is 0.0192. The van der Waals surface area contributed by atoms with Gasteiger partial charge in [0, 0.05) is 60.3 Å². The third kappa shape index (κ3) is 3.73. The molecule has 5 rings (SSSR count). The fourth-order valence-electron chi connectivity index (χ4n) is 4.83. The molecule has 164 valence electrons. The molecule has 1 N–H and O–H groups in total. The van der Waals surface area contributed by atoms with Crippen molar-refractivity contribution in [1.29, 1.82) is 0 Å². The zero-order valence-corrected chi connectivity index (χ0v) is 21.0. The fraction of sp³-hybridized carbons (Fsp3) is 0.500. The summed E-state index contributed by atoms with van der Waals surface area (Å²) in [5, 5.41) is 0. The van der Waals surface area contributed by atoms with E-state index >= 15 is 0 Å². The van der Waals surface area contributed by atoms with Crippen LogP contribution in [0, 0.1) is 8.99 Å². The number of nitrogens with one attached hydrogen (secondary N) is 1. The largest absolute Gasteiger partial charge is 0.598 e. The van der Waals surface area contributed by atoms with Gasteiger partial charge in [-0.15, -0.1) is 4.72 Å². The first-order chi connectivity index (χ1) is 14.8. The lowest BCUT2D eigenvalue weighted by molar-refractivity contribution is 0.175. The molecule has 0 saturated carbocycles. The summed E-state index contributed by atoms with van der Waals surface area (Å²) in [5.74, 6) is 0.944. The van der Waals surface area contributed by atoms with Crippen molar-refractivity contribution < 1.29 is 4.55 Å². The molecule has 0 aromatic carbocycles. The Kier molecular flexibility index (Phi) is 5.43. The fourth-order valence-corrected chi connectivity index (χ4v) is 6.31. The maximum atomic E-state index is 13.0. The van der Waals surface area contributed by atoms with E-state index in [0.717, 1.165) is 53.2 Å². The molecule has 0 radical (unpaired) electrons. The Bertz CT molecular complexity index is 1100. The number of hydrogen-bond acceptors (Lipinski definition) is 6. The third-order valence-corrected chi connectivity index (χ3v) is 8.88. The van der Waals surface area contributed by atoms with Crippen LogP contribution in [0.3, 0.4) is 0 Å². The second-order valence-corrected chi connectivity index (χ2v) is 12.7. The highest BCUT2D eigenvalue weighted by molar-refractivity contribution is 14.1. The Balaban J connectivity index is 1.42. The van der Waals surface area contributed by atoms with Crippen molar-refractivity contribution in [1.82, 2.24) is 24.1 Å². The Hall–Kier alpha value is -1.43. The molecule has 2 atom stereocenters. The number of aromatic nitrogens is 4. The second-order valence-electron chi connectivity index (χ2n) is 9.52. The van der Waals surface area contributed by atoms with E-state index in [1.807, 2.05) is 51.6 Å². The molecule has 2 aliphatic rings. The van der Waals surface area contributed by atoms with Gasteiger partial charge in [-0.1, -0.05) is 6.07 Å². The molecular weight excluding hydrogens is 523 g/mol. The monoisotopic (exact) mass is 550 g/mol. The molecule has 0 bridgehead atoms. The summed E-state index contributed by atoms with van der Waals surface area (Å²) in [6.07, 6.45) is 10.5. The summed E-state index contributed by atoms with van der Waals surface area (Å²) >= 11 is 1.14. The number of imidazole rings is 1. The standard InChI is InChI=1S/C22H27IN6OS/c1-21(2,3)31(30)27-18-15-5-4-8-24-17(15)13-22(18)6-10-28(11-7-22)20-26-14-16(23)19-25-9-12-29(19)20/h4-5,8-9,12,14,18,27H,6-7,10-11,13H2,1-3H3/t18-,31+/m0/s1. The Morgan fingerprint density at radius 1 is 1.19 bits per heavy atom. The Morgan fingerprint density at radius 3 is 2.71 bits per heavy atom. The average molecular weight is 550 g/mol. The molecule has 1 fully saturated rings. The molecule has 1 saturated heterocycles. The quantitative estimate of drug-likeness (QED) is 0.396. The molecular formula is C22H27IN6OS. The van der Waals surface area contributed by atoms with Crippen molar-refractivity contribution in [3.05, 3.63) is 51.7 Å². The van der Waals surface area contributed by atoms with E-state index in [2.05, 4.69) is 52.6 Å². The summed E-state index contributed by atoms with van der Waals surface area (Å²) in [7, 11) is 0. The molecule has 0 amide bonds. The van der Waals surface area contributed by atoms with E-state index < -0.39 is 11.4 Å². The smallest absolute Gasteiger partial charge is 0.211 e. The van der Waals surface area contributed by atoms with Crippen molar-refractivity contribution in [2.24, 2.45) is 5.41 Å². The summed E-state index contributed by atoms with van der Waals surface area (Å²) in [4.78, 5) is 16.2. The summed E-state index contributed by atoms with van der Waals surface area (Å²) in [6.45, 7) is 7.85. The maximum Gasteiger partial charge on any atom is 0.211 e. The third-order valence-electron chi connectivity index (χ3n) is 6.55. The van der Waals surface area contributed by atoms with Gasteiger partial charge < -0.3 is 9.45 Å². The van der Waals surface area contributed by atoms with Crippen LogP contribution in [0.15, 0.2) is 36.9 Å². The minimum Gasteiger partial charge on any atom is -0.598 e. The van der Waals surface area contributed by atoms with Gasteiger partial charge in [-0.2, -0.15) is 0 Å². The summed E-state index contributed by atoms with van der Waals surface area (Å²) in [5.41, 5.74) is 3.32. The predicted octanol–water partition coefficient (Wildman–Crippen LogP) is 3.66. The average Bonchev–Trinajstić information content (AvgIpc) is 3.33. The number of anilines is 1. The van der Waals surface area contributed by atoms with Crippen LogP contribution in [0.1, 0.15) is 50.9 Å². The van der Waals surface area contributed by atoms with Crippen molar-refractivity contribution >= 4 is 45.5 Å². The number of fused-ring (bicyclic) bond motifs is 2. The van der Waals surface area contributed by atoms with Crippen LogP contribution in [-0.2, 0) is 17.8 Å². The van der Waals surface area contributed by atoms with E-state index in [-0.39, 0.29) is 16.2 Å². The van der Waals surface area contributed by atoms with Gasteiger partial charge in [0.15, 0.2) is 5.65 Å². The molecule has 0 unspecified atom stereocenters. The van der Waals surface area contributed by atoms with Crippen molar-refractivity contribution in [3.8, 4) is 0 Å². The molecule has 3 aromatic rings.